The number of hydrogen-bond acceptors (Lipinski definition) is 1. The predicted molar refractivity (Wildman–Crippen MR) is 42.1 cm³/mol. The maximum Gasteiger partial charge on any atom is 0.129 e. The Morgan fingerprint density at radius 1 is 1.33 bits per heavy atom. The maximum atomic E-state index is 12.8. The van der Waals surface area contributed by atoms with Crippen molar-refractivity contribution >= 4 is 5.84 Å². The Morgan fingerprint density at radius 3 is 2.08 bits per heavy atom. The van der Waals surface area contributed by atoms with Crippen molar-refractivity contribution in [3.63, 3.8) is 0 Å². The number of halogens is 2. The van der Waals surface area contributed by atoms with Crippen LogP contribution in [0.25, 0.3) is 0 Å². The molecule has 64 valence electrons. The first-order valence-electron chi connectivity index (χ1n) is 3.32. The Balaban J connectivity index is 3.31. The molecule has 0 unspecified atom stereocenters. The molecule has 1 aromatic carbocycles. The minimum atomic E-state index is -0.680. The molecule has 0 heterocycles. The molecule has 0 aromatic heterocycles. The fourth-order valence-electron chi connectivity index (χ4n) is 0.801. The minimum absolute atomic E-state index is 0.0556. The first-order valence-corrected chi connectivity index (χ1v) is 3.32. The van der Waals surface area contributed by atoms with Crippen LogP contribution in [-0.2, 0) is 0 Å². The fourth-order valence-corrected chi connectivity index (χ4v) is 0.801. The van der Waals surface area contributed by atoms with Gasteiger partial charge in [-0.25, -0.2) is 8.78 Å². The van der Waals surface area contributed by atoms with Gasteiger partial charge in [0.25, 0.3) is 0 Å². The van der Waals surface area contributed by atoms with E-state index in [0.29, 0.717) is 0 Å². The molecule has 0 aliphatic heterocycles. The number of nitrogens with one attached hydrogen (secondary N) is 1. The van der Waals surface area contributed by atoms with E-state index in [-0.39, 0.29) is 17.0 Å². The summed E-state index contributed by atoms with van der Waals surface area (Å²) in [6.45, 7) is 1.33. The third kappa shape index (κ3) is 1.42. The second-order valence-electron chi connectivity index (χ2n) is 2.48. The van der Waals surface area contributed by atoms with Crippen molar-refractivity contribution in [3.8, 4) is 0 Å². The van der Waals surface area contributed by atoms with Gasteiger partial charge in [-0.3, -0.25) is 5.41 Å². The highest BCUT2D eigenvalue weighted by Gasteiger charge is 2.07. The summed E-state index contributed by atoms with van der Waals surface area (Å²) in [6.07, 6.45) is 0. The van der Waals surface area contributed by atoms with E-state index in [0.717, 1.165) is 12.1 Å². The van der Waals surface area contributed by atoms with Gasteiger partial charge in [0, 0.05) is 11.1 Å². The number of nitrogen functional groups attached to an aromatic ring is 1. The number of rotatable bonds is 1. The van der Waals surface area contributed by atoms with Crippen molar-refractivity contribution in [1.82, 2.24) is 0 Å². The predicted octanol–water partition coefficient (Wildman–Crippen LogP) is 1.56. The summed E-state index contributed by atoms with van der Waals surface area (Å²) in [5.41, 5.74) is 5.06. The van der Waals surface area contributed by atoms with Gasteiger partial charge in [-0.1, -0.05) is 0 Å². The number of hydrogen-bond donors (Lipinski definition) is 2. The van der Waals surface area contributed by atoms with E-state index in [1.54, 1.807) is 0 Å². The maximum absolute atomic E-state index is 12.8. The van der Waals surface area contributed by atoms with Gasteiger partial charge in [0.05, 0.1) is 0 Å². The normalized spacial score (nSPS) is 9.92. The zero-order chi connectivity index (χ0) is 9.30. The molecule has 0 radical (unpaired) electrons. The lowest BCUT2D eigenvalue weighted by Gasteiger charge is -2.02. The van der Waals surface area contributed by atoms with Gasteiger partial charge in [-0.05, 0) is 19.1 Å². The zero-order valence-corrected chi connectivity index (χ0v) is 6.49. The van der Waals surface area contributed by atoms with Gasteiger partial charge in [0.15, 0.2) is 0 Å². The standard InChI is InChI=1S/C8H8F2N2/c1-4-6(9)2-5(8(11)12)3-7(4)10/h2-3H,1H3,(H3,11,12). The van der Waals surface area contributed by atoms with Crippen molar-refractivity contribution in [3.05, 3.63) is 34.9 Å². The fraction of sp³-hybridized carbons (Fsp3) is 0.125. The van der Waals surface area contributed by atoms with E-state index >= 15 is 0 Å². The van der Waals surface area contributed by atoms with Gasteiger partial charge < -0.3 is 5.73 Å². The third-order valence-electron chi connectivity index (χ3n) is 1.59. The average Bonchev–Trinajstić information content (AvgIpc) is 1.99. The minimum Gasteiger partial charge on any atom is -0.384 e. The summed E-state index contributed by atoms with van der Waals surface area (Å²) in [7, 11) is 0. The largest absolute Gasteiger partial charge is 0.384 e. The molecule has 0 fully saturated rings. The first-order chi connectivity index (χ1) is 5.52. The molecule has 1 rings (SSSR count). The molecule has 3 N–H and O–H groups in total. The highest BCUT2D eigenvalue weighted by atomic mass is 19.1. The first kappa shape index (κ1) is 8.64. The SMILES string of the molecule is Cc1c(F)cc(C(=N)N)cc1F. The third-order valence-corrected chi connectivity index (χ3v) is 1.59. The highest BCUT2D eigenvalue weighted by molar-refractivity contribution is 5.94. The van der Waals surface area contributed by atoms with Crippen LogP contribution in [-0.4, -0.2) is 5.84 Å². The molecule has 12 heavy (non-hydrogen) atoms. The second kappa shape index (κ2) is 2.89. The van der Waals surface area contributed by atoms with E-state index < -0.39 is 11.6 Å². The van der Waals surface area contributed by atoms with Crippen molar-refractivity contribution < 1.29 is 8.78 Å². The van der Waals surface area contributed by atoms with Crippen LogP contribution in [0, 0.1) is 24.0 Å². The van der Waals surface area contributed by atoms with E-state index in [9.17, 15) is 8.78 Å². The van der Waals surface area contributed by atoms with Crippen LogP contribution in [0.4, 0.5) is 8.78 Å². The molecule has 0 saturated carbocycles. The molecule has 0 amide bonds. The smallest absolute Gasteiger partial charge is 0.129 e. The van der Waals surface area contributed by atoms with Crippen LogP contribution in [0.15, 0.2) is 12.1 Å². The number of nitrogens with two attached hydrogens (primary N) is 1. The lowest BCUT2D eigenvalue weighted by atomic mass is 10.1. The summed E-state index contributed by atoms with van der Waals surface area (Å²) < 4.78 is 25.6. The molecule has 0 spiro atoms. The number of benzene rings is 1. The Kier molecular flexibility index (Phi) is 2.08. The molecule has 0 aliphatic rings. The highest BCUT2D eigenvalue weighted by Crippen LogP contribution is 2.13. The number of amidine groups is 1. The van der Waals surface area contributed by atoms with Crippen LogP contribution in [0.2, 0.25) is 0 Å². The van der Waals surface area contributed by atoms with E-state index in [4.69, 9.17) is 11.1 Å². The van der Waals surface area contributed by atoms with E-state index in [2.05, 4.69) is 0 Å². The van der Waals surface area contributed by atoms with Gasteiger partial charge >= 0.3 is 0 Å². The van der Waals surface area contributed by atoms with Gasteiger partial charge in [-0.15, -0.1) is 0 Å². The molecule has 0 atom stereocenters. The summed E-state index contributed by atoms with van der Waals surface area (Å²) in [6, 6.07) is 2.08. The van der Waals surface area contributed by atoms with Crippen molar-refractivity contribution in [2.75, 3.05) is 0 Å². The Labute approximate surface area is 68.5 Å². The average molecular weight is 170 g/mol. The van der Waals surface area contributed by atoms with Crippen LogP contribution in [0.3, 0.4) is 0 Å². The lowest BCUT2D eigenvalue weighted by molar-refractivity contribution is 0.567. The second-order valence-corrected chi connectivity index (χ2v) is 2.48. The molecule has 0 saturated heterocycles. The van der Waals surface area contributed by atoms with E-state index in [1.165, 1.54) is 6.92 Å². The zero-order valence-electron chi connectivity index (χ0n) is 6.49. The monoisotopic (exact) mass is 170 g/mol. The van der Waals surface area contributed by atoms with E-state index in [1.807, 2.05) is 0 Å². The van der Waals surface area contributed by atoms with Gasteiger partial charge in [-0.2, -0.15) is 0 Å². The Morgan fingerprint density at radius 2 is 1.75 bits per heavy atom. The summed E-state index contributed by atoms with van der Waals surface area (Å²) in [4.78, 5) is 0. The molecule has 0 aliphatic carbocycles. The molecular weight excluding hydrogens is 162 g/mol. The van der Waals surface area contributed by atoms with Crippen molar-refractivity contribution in [2.45, 2.75) is 6.92 Å². The summed E-state index contributed by atoms with van der Waals surface area (Å²) in [5.74, 6) is -1.70. The van der Waals surface area contributed by atoms with Crippen LogP contribution < -0.4 is 5.73 Å². The van der Waals surface area contributed by atoms with Crippen LogP contribution >= 0.6 is 0 Å². The topological polar surface area (TPSA) is 49.9 Å². The molecular formula is C8H8F2N2. The molecule has 1 aromatic rings. The lowest BCUT2D eigenvalue weighted by Crippen LogP contribution is -2.12. The molecule has 2 nitrogen and oxygen atoms in total. The summed E-state index contributed by atoms with van der Waals surface area (Å²) >= 11 is 0. The van der Waals surface area contributed by atoms with Crippen molar-refractivity contribution in [1.29, 1.82) is 5.41 Å². The van der Waals surface area contributed by atoms with Crippen LogP contribution in [0.1, 0.15) is 11.1 Å². The molecule has 4 heteroatoms. The van der Waals surface area contributed by atoms with Crippen molar-refractivity contribution in [2.24, 2.45) is 5.73 Å². The Hall–Kier alpha value is -1.45. The summed E-state index contributed by atoms with van der Waals surface area (Å²) in [5, 5.41) is 6.94. The van der Waals surface area contributed by atoms with Gasteiger partial charge in [0.2, 0.25) is 0 Å². The quantitative estimate of drug-likeness (QED) is 0.487. The van der Waals surface area contributed by atoms with Gasteiger partial charge in [0.1, 0.15) is 17.5 Å². The van der Waals surface area contributed by atoms with Crippen LogP contribution in [0.5, 0.6) is 0 Å². The Bertz CT molecular complexity index is 311. The molecule has 0 bridgehead atoms.